The van der Waals surface area contributed by atoms with E-state index in [1.807, 2.05) is 12.1 Å². The molecule has 1 heterocycles. The van der Waals surface area contributed by atoms with E-state index in [2.05, 4.69) is 26.6 Å². The Balaban J connectivity index is 1.55. The molecule has 32 heavy (non-hydrogen) atoms. The van der Waals surface area contributed by atoms with Gasteiger partial charge in [0.1, 0.15) is 10.7 Å². The molecule has 160 valence electrons. The predicted molar refractivity (Wildman–Crippen MR) is 129 cm³/mol. The van der Waals surface area contributed by atoms with Crippen molar-refractivity contribution in [3.05, 3.63) is 98.6 Å². The number of para-hydroxylation sites is 1. The molecule has 2 N–H and O–H groups in total. The Kier molecular flexibility index (Phi) is 6.32. The van der Waals surface area contributed by atoms with E-state index in [1.54, 1.807) is 54.6 Å². The quantitative estimate of drug-likeness (QED) is 0.409. The van der Waals surface area contributed by atoms with Gasteiger partial charge in [-0.1, -0.05) is 47.5 Å². The van der Waals surface area contributed by atoms with Crippen molar-refractivity contribution < 1.29 is 14.4 Å². The summed E-state index contributed by atoms with van der Waals surface area (Å²) in [6.45, 7) is 0. The van der Waals surface area contributed by atoms with Gasteiger partial charge in [0.25, 0.3) is 17.7 Å². The summed E-state index contributed by atoms with van der Waals surface area (Å²) < 4.78 is 0.746. The lowest BCUT2D eigenvalue weighted by Gasteiger charge is -2.15. The maximum Gasteiger partial charge on any atom is 0.283 e. The van der Waals surface area contributed by atoms with E-state index in [1.165, 1.54) is 6.07 Å². The molecule has 0 aromatic heterocycles. The molecule has 4 rings (SSSR count). The summed E-state index contributed by atoms with van der Waals surface area (Å²) in [5, 5.41) is 5.81. The van der Waals surface area contributed by atoms with Crippen LogP contribution in [0.4, 0.5) is 17.1 Å². The van der Waals surface area contributed by atoms with Crippen molar-refractivity contribution in [2.45, 2.75) is 0 Å². The molecule has 3 aromatic carbocycles. The summed E-state index contributed by atoms with van der Waals surface area (Å²) in [6.07, 6.45) is 0. The fraction of sp³-hybridized carbons (Fsp3) is 0. The second kappa shape index (κ2) is 9.16. The monoisotopic (exact) mass is 529 g/mol. The maximum absolute atomic E-state index is 12.9. The number of carbonyl (C=O) groups is 3. The van der Waals surface area contributed by atoms with Crippen LogP contribution in [0.15, 0.2) is 88.0 Å². The Morgan fingerprint density at radius 2 is 1.62 bits per heavy atom. The number of benzene rings is 3. The molecule has 6 nitrogen and oxygen atoms in total. The molecule has 0 bridgehead atoms. The standard InChI is InChI=1S/C23H14BrCl2N3O3/c24-17-9-1-2-10-18(17)28-21(30)13-5-3-7-15(11-13)27-20-19(26)22(31)29(23(20)32)16-8-4-6-14(25)12-16/h1-12,27H,(H,28,30). The fourth-order valence-electron chi connectivity index (χ4n) is 3.10. The topological polar surface area (TPSA) is 78.5 Å². The van der Waals surface area contributed by atoms with Crippen LogP contribution < -0.4 is 15.5 Å². The third-order valence-electron chi connectivity index (χ3n) is 4.61. The van der Waals surface area contributed by atoms with Crippen LogP contribution in [-0.2, 0) is 9.59 Å². The molecule has 0 saturated carbocycles. The van der Waals surface area contributed by atoms with E-state index in [4.69, 9.17) is 23.2 Å². The van der Waals surface area contributed by atoms with Gasteiger partial charge in [-0.25, -0.2) is 4.90 Å². The van der Waals surface area contributed by atoms with Crippen LogP contribution in [-0.4, -0.2) is 17.7 Å². The van der Waals surface area contributed by atoms with Gasteiger partial charge in [0, 0.05) is 20.7 Å². The SMILES string of the molecule is O=C(Nc1ccccc1Br)c1cccc(NC2=C(Cl)C(=O)N(c3cccc(Cl)c3)C2=O)c1. The molecular formula is C23H14BrCl2N3O3. The highest BCUT2D eigenvalue weighted by Gasteiger charge is 2.39. The van der Waals surface area contributed by atoms with Crippen molar-refractivity contribution in [3.63, 3.8) is 0 Å². The molecule has 9 heteroatoms. The number of hydrogen-bond acceptors (Lipinski definition) is 4. The number of halogens is 3. The maximum atomic E-state index is 12.9. The molecule has 3 aromatic rings. The van der Waals surface area contributed by atoms with Crippen molar-refractivity contribution in [3.8, 4) is 0 Å². The molecule has 0 unspecified atom stereocenters. The first kappa shape index (κ1) is 22.1. The van der Waals surface area contributed by atoms with Crippen LogP contribution >= 0.6 is 39.1 Å². The van der Waals surface area contributed by atoms with Gasteiger partial charge in [0.15, 0.2) is 0 Å². The van der Waals surface area contributed by atoms with E-state index in [0.29, 0.717) is 27.6 Å². The average Bonchev–Trinajstić information content (AvgIpc) is 2.98. The highest BCUT2D eigenvalue weighted by molar-refractivity contribution is 9.10. The van der Waals surface area contributed by atoms with E-state index >= 15 is 0 Å². The predicted octanol–water partition coefficient (Wildman–Crippen LogP) is 5.79. The van der Waals surface area contributed by atoms with Crippen molar-refractivity contribution in [2.75, 3.05) is 15.5 Å². The molecule has 0 atom stereocenters. The van der Waals surface area contributed by atoms with Crippen molar-refractivity contribution >= 4 is 73.9 Å². The van der Waals surface area contributed by atoms with Gasteiger partial charge >= 0.3 is 0 Å². The van der Waals surface area contributed by atoms with E-state index in [-0.39, 0.29) is 16.6 Å². The number of nitrogens with one attached hydrogen (secondary N) is 2. The summed E-state index contributed by atoms with van der Waals surface area (Å²) in [4.78, 5) is 39.1. The van der Waals surface area contributed by atoms with Crippen LogP contribution in [0, 0.1) is 0 Å². The van der Waals surface area contributed by atoms with E-state index in [9.17, 15) is 14.4 Å². The van der Waals surface area contributed by atoms with Gasteiger partial charge in [0.05, 0.1) is 11.4 Å². The number of imide groups is 1. The van der Waals surface area contributed by atoms with Gasteiger partial charge in [0.2, 0.25) is 0 Å². The zero-order valence-corrected chi connectivity index (χ0v) is 19.3. The molecular weight excluding hydrogens is 517 g/mol. The van der Waals surface area contributed by atoms with Crippen LogP contribution in [0.3, 0.4) is 0 Å². The molecule has 0 aliphatic carbocycles. The first-order chi connectivity index (χ1) is 15.3. The molecule has 0 saturated heterocycles. The normalized spacial score (nSPS) is 13.5. The Morgan fingerprint density at radius 1 is 0.875 bits per heavy atom. The summed E-state index contributed by atoms with van der Waals surface area (Å²) in [5.74, 6) is -1.62. The molecule has 0 radical (unpaired) electrons. The number of anilines is 3. The highest BCUT2D eigenvalue weighted by atomic mass is 79.9. The van der Waals surface area contributed by atoms with Gasteiger partial charge in [-0.2, -0.15) is 0 Å². The summed E-state index contributed by atoms with van der Waals surface area (Å²) >= 11 is 15.5. The highest BCUT2D eigenvalue weighted by Crippen LogP contribution is 2.31. The minimum Gasteiger partial charge on any atom is -0.350 e. The number of hydrogen-bond donors (Lipinski definition) is 2. The van der Waals surface area contributed by atoms with Crippen LogP contribution in [0.2, 0.25) is 5.02 Å². The Labute approximate surface area is 201 Å². The van der Waals surface area contributed by atoms with Crippen LogP contribution in [0.5, 0.6) is 0 Å². The van der Waals surface area contributed by atoms with Crippen molar-refractivity contribution in [2.24, 2.45) is 0 Å². The van der Waals surface area contributed by atoms with Gasteiger partial charge in [-0.05, 0) is 64.5 Å². The lowest BCUT2D eigenvalue weighted by molar-refractivity contribution is -0.120. The molecule has 3 amide bonds. The van der Waals surface area contributed by atoms with Gasteiger partial charge in [-0.15, -0.1) is 0 Å². The minimum atomic E-state index is -0.663. The number of carbonyl (C=O) groups excluding carboxylic acids is 3. The third kappa shape index (κ3) is 4.41. The Bertz CT molecular complexity index is 1290. The molecule has 0 fully saturated rings. The Hall–Kier alpha value is -3.13. The van der Waals surface area contributed by atoms with Crippen LogP contribution in [0.1, 0.15) is 10.4 Å². The summed E-state index contributed by atoms with van der Waals surface area (Å²) in [7, 11) is 0. The smallest absolute Gasteiger partial charge is 0.283 e. The fourth-order valence-corrected chi connectivity index (χ4v) is 3.88. The second-order valence-electron chi connectivity index (χ2n) is 6.75. The summed E-state index contributed by atoms with van der Waals surface area (Å²) in [5.41, 5.74) is 1.62. The number of amides is 3. The first-order valence-corrected chi connectivity index (χ1v) is 10.9. The third-order valence-corrected chi connectivity index (χ3v) is 5.89. The van der Waals surface area contributed by atoms with Gasteiger partial charge in [-0.3, -0.25) is 14.4 Å². The van der Waals surface area contributed by atoms with E-state index in [0.717, 1.165) is 9.37 Å². The molecule has 1 aliphatic rings. The Morgan fingerprint density at radius 3 is 2.38 bits per heavy atom. The zero-order chi connectivity index (χ0) is 22.8. The minimum absolute atomic E-state index is 0.0833. The number of nitrogens with zero attached hydrogens (tertiary/aromatic N) is 1. The van der Waals surface area contributed by atoms with E-state index < -0.39 is 11.8 Å². The van der Waals surface area contributed by atoms with Crippen molar-refractivity contribution in [1.82, 2.24) is 0 Å². The molecule has 0 spiro atoms. The van der Waals surface area contributed by atoms with Crippen LogP contribution in [0.25, 0.3) is 0 Å². The zero-order valence-electron chi connectivity index (χ0n) is 16.2. The molecule has 1 aliphatic heterocycles. The average molecular weight is 531 g/mol. The second-order valence-corrected chi connectivity index (χ2v) is 8.42. The first-order valence-electron chi connectivity index (χ1n) is 9.32. The lowest BCUT2D eigenvalue weighted by Crippen LogP contribution is -2.32. The lowest BCUT2D eigenvalue weighted by atomic mass is 10.1. The van der Waals surface area contributed by atoms with Gasteiger partial charge < -0.3 is 10.6 Å². The largest absolute Gasteiger partial charge is 0.350 e. The number of rotatable bonds is 5. The van der Waals surface area contributed by atoms with Crippen molar-refractivity contribution in [1.29, 1.82) is 0 Å². The summed E-state index contributed by atoms with van der Waals surface area (Å²) in [6, 6.07) is 20.1.